The molecule has 2 unspecified atom stereocenters. The van der Waals surface area contributed by atoms with Gasteiger partial charge in [-0.2, -0.15) is 0 Å². The number of rotatable bonds is 5. The van der Waals surface area contributed by atoms with Crippen LogP contribution in [0.25, 0.3) is 0 Å². The molecule has 0 amide bonds. The van der Waals surface area contributed by atoms with Gasteiger partial charge in [0.1, 0.15) is 5.82 Å². The predicted octanol–water partition coefficient (Wildman–Crippen LogP) is 3.74. The summed E-state index contributed by atoms with van der Waals surface area (Å²) in [4.78, 5) is 0. The van der Waals surface area contributed by atoms with Crippen molar-refractivity contribution in [3.8, 4) is 0 Å². The number of nitrogens with one attached hydrogen (secondary N) is 1. The van der Waals surface area contributed by atoms with Crippen LogP contribution in [0.3, 0.4) is 0 Å². The van der Waals surface area contributed by atoms with Gasteiger partial charge in [-0.3, -0.25) is 0 Å². The highest BCUT2D eigenvalue weighted by Gasteiger charge is 2.33. The number of hydrogen-bond acceptors (Lipinski definition) is 1. The van der Waals surface area contributed by atoms with Crippen LogP contribution in [0.15, 0.2) is 24.3 Å². The van der Waals surface area contributed by atoms with Crippen molar-refractivity contribution < 1.29 is 4.39 Å². The first-order valence-electron chi connectivity index (χ1n) is 6.36. The highest BCUT2D eigenvalue weighted by atomic mass is 19.1. The second kappa shape index (κ2) is 5.63. The molecule has 0 aliphatic heterocycles. The Morgan fingerprint density at radius 2 is 1.76 bits per heavy atom. The maximum Gasteiger partial charge on any atom is 0.123 e. The van der Waals surface area contributed by atoms with Gasteiger partial charge in [-0.15, -0.1) is 0 Å². The predicted molar refractivity (Wildman–Crippen MR) is 71.7 cm³/mol. The summed E-state index contributed by atoms with van der Waals surface area (Å²) in [6.07, 6.45) is 1.14. The highest BCUT2D eigenvalue weighted by Crippen LogP contribution is 2.32. The Morgan fingerprint density at radius 1 is 1.24 bits per heavy atom. The van der Waals surface area contributed by atoms with Crippen LogP contribution in [0, 0.1) is 11.7 Å². The second-order valence-corrected chi connectivity index (χ2v) is 5.38. The van der Waals surface area contributed by atoms with Gasteiger partial charge in [-0.1, -0.05) is 46.2 Å². The smallest absolute Gasteiger partial charge is 0.123 e. The molecule has 0 aromatic heterocycles. The fourth-order valence-electron chi connectivity index (χ4n) is 2.65. The van der Waals surface area contributed by atoms with Gasteiger partial charge < -0.3 is 5.32 Å². The van der Waals surface area contributed by atoms with Crippen LogP contribution >= 0.6 is 0 Å². The molecule has 0 fully saturated rings. The molecular weight excluding hydrogens is 213 g/mol. The normalized spacial score (nSPS) is 15.6. The van der Waals surface area contributed by atoms with E-state index in [0.717, 1.165) is 6.42 Å². The third kappa shape index (κ3) is 3.06. The Bertz CT molecular complexity index is 342. The van der Waals surface area contributed by atoms with Crippen LogP contribution in [0.1, 0.15) is 39.7 Å². The average molecular weight is 237 g/mol. The summed E-state index contributed by atoms with van der Waals surface area (Å²) in [5.41, 5.74) is 1.18. The van der Waals surface area contributed by atoms with E-state index < -0.39 is 0 Å². The molecule has 1 nitrogen and oxygen atoms in total. The summed E-state index contributed by atoms with van der Waals surface area (Å²) < 4.78 is 13.0. The Kier molecular flexibility index (Phi) is 4.70. The lowest BCUT2D eigenvalue weighted by Gasteiger charge is -2.38. The van der Waals surface area contributed by atoms with Crippen molar-refractivity contribution in [1.82, 2.24) is 5.32 Å². The monoisotopic (exact) mass is 237 g/mol. The molecule has 0 bridgehead atoms. The molecule has 0 aliphatic carbocycles. The van der Waals surface area contributed by atoms with Crippen molar-refractivity contribution in [1.29, 1.82) is 0 Å². The van der Waals surface area contributed by atoms with Crippen molar-refractivity contribution in [2.75, 3.05) is 7.05 Å². The van der Waals surface area contributed by atoms with Gasteiger partial charge >= 0.3 is 0 Å². The zero-order valence-electron chi connectivity index (χ0n) is 11.5. The fourth-order valence-corrected chi connectivity index (χ4v) is 2.65. The standard InChI is InChI=1S/C15H24FN/c1-6-11(2)14(17-5)15(3,4)12-7-9-13(16)10-8-12/h7-11,14,17H,6H2,1-5H3. The molecule has 1 rings (SSSR count). The number of benzene rings is 1. The Balaban J connectivity index is 3.02. The summed E-state index contributed by atoms with van der Waals surface area (Å²) in [5, 5.41) is 3.41. The van der Waals surface area contributed by atoms with Crippen LogP contribution in [-0.2, 0) is 5.41 Å². The first-order valence-corrected chi connectivity index (χ1v) is 6.36. The van der Waals surface area contributed by atoms with Crippen LogP contribution in [0.4, 0.5) is 4.39 Å². The van der Waals surface area contributed by atoms with E-state index >= 15 is 0 Å². The van der Waals surface area contributed by atoms with Crippen molar-refractivity contribution in [2.45, 2.75) is 45.6 Å². The summed E-state index contributed by atoms with van der Waals surface area (Å²) in [6.45, 7) is 8.89. The van der Waals surface area contributed by atoms with E-state index in [1.165, 1.54) is 5.56 Å². The second-order valence-electron chi connectivity index (χ2n) is 5.38. The van der Waals surface area contributed by atoms with Gasteiger partial charge in [0.05, 0.1) is 0 Å². The van der Waals surface area contributed by atoms with Gasteiger partial charge in [-0.05, 0) is 30.7 Å². The molecule has 0 heterocycles. The highest BCUT2D eigenvalue weighted by molar-refractivity contribution is 5.26. The van der Waals surface area contributed by atoms with Gasteiger partial charge in [0, 0.05) is 11.5 Å². The van der Waals surface area contributed by atoms with Gasteiger partial charge in [-0.25, -0.2) is 4.39 Å². The molecule has 2 atom stereocenters. The van der Waals surface area contributed by atoms with E-state index in [2.05, 4.69) is 33.0 Å². The Labute approximate surface area is 104 Å². The third-order valence-corrected chi connectivity index (χ3v) is 3.89. The number of likely N-dealkylation sites (N-methyl/N-ethyl adjacent to an activating group) is 1. The minimum absolute atomic E-state index is 0.00211. The number of hydrogen-bond donors (Lipinski definition) is 1. The SMILES string of the molecule is CCC(C)C(NC)C(C)(C)c1ccc(F)cc1. The van der Waals surface area contributed by atoms with Gasteiger partial charge in [0.2, 0.25) is 0 Å². The minimum atomic E-state index is -0.172. The maximum absolute atomic E-state index is 13.0. The first kappa shape index (κ1) is 14.2. The summed E-state index contributed by atoms with van der Waals surface area (Å²) in [7, 11) is 2.00. The summed E-state index contributed by atoms with van der Waals surface area (Å²) >= 11 is 0. The fraction of sp³-hybridized carbons (Fsp3) is 0.600. The molecule has 0 saturated carbocycles. The number of halogens is 1. The van der Waals surface area contributed by atoms with E-state index in [4.69, 9.17) is 0 Å². The average Bonchev–Trinajstić information content (AvgIpc) is 2.29. The molecule has 1 N–H and O–H groups in total. The van der Waals surface area contributed by atoms with E-state index in [1.54, 1.807) is 12.1 Å². The van der Waals surface area contributed by atoms with Crippen LogP contribution in [0.2, 0.25) is 0 Å². The summed E-state index contributed by atoms with van der Waals surface area (Å²) in [5.74, 6) is 0.411. The van der Waals surface area contributed by atoms with Crippen molar-refractivity contribution in [2.24, 2.45) is 5.92 Å². The topological polar surface area (TPSA) is 12.0 Å². The quantitative estimate of drug-likeness (QED) is 0.822. The van der Waals surface area contributed by atoms with Crippen LogP contribution < -0.4 is 5.32 Å². The van der Waals surface area contributed by atoms with Gasteiger partial charge in [0.15, 0.2) is 0 Å². The molecule has 0 aliphatic rings. The van der Waals surface area contributed by atoms with Gasteiger partial charge in [0.25, 0.3) is 0 Å². The molecule has 0 saturated heterocycles. The largest absolute Gasteiger partial charge is 0.316 e. The van der Waals surface area contributed by atoms with E-state index in [0.29, 0.717) is 12.0 Å². The lowest BCUT2D eigenvalue weighted by atomic mass is 9.72. The molecular formula is C15H24FN. The zero-order valence-corrected chi connectivity index (χ0v) is 11.5. The molecule has 2 heteroatoms. The minimum Gasteiger partial charge on any atom is -0.316 e. The lowest BCUT2D eigenvalue weighted by Crippen LogP contribution is -2.47. The Morgan fingerprint density at radius 3 is 2.18 bits per heavy atom. The van der Waals surface area contributed by atoms with Crippen LogP contribution in [0.5, 0.6) is 0 Å². The maximum atomic E-state index is 13.0. The third-order valence-electron chi connectivity index (χ3n) is 3.89. The molecule has 1 aromatic rings. The molecule has 96 valence electrons. The van der Waals surface area contributed by atoms with Crippen molar-refractivity contribution in [3.05, 3.63) is 35.6 Å². The van der Waals surface area contributed by atoms with Crippen molar-refractivity contribution >= 4 is 0 Å². The zero-order chi connectivity index (χ0) is 13.1. The first-order chi connectivity index (χ1) is 7.93. The van der Waals surface area contributed by atoms with Crippen LogP contribution in [-0.4, -0.2) is 13.1 Å². The van der Waals surface area contributed by atoms with E-state index in [1.807, 2.05) is 19.2 Å². The summed E-state index contributed by atoms with van der Waals surface area (Å²) in [6, 6.07) is 7.25. The van der Waals surface area contributed by atoms with E-state index in [9.17, 15) is 4.39 Å². The molecule has 1 aromatic carbocycles. The molecule has 0 spiro atoms. The Hall–Kier alpha value is -0.890. The lowest BCUT2D eigenvalue weighted by molar-refractivity contribution is 0.265. The van der Waals surface area contributed by atoms with Crippen molar-refractivity contribution in [3.63, 3.8) is 0 Å². The molecule has 0 radical (unpaired) electrons. The molecule has 17 heavy (non-hydrogen) atoms. The van der Waals surface area contributed by atoms with E-state index in [-0.39, 0.29) is 11.2 Å².